The summed E-state index contributed by atoms with van der Waals surface area (Å²) in [5.41, 5.74) is 0.164. The second-order valence-electron chi connectivity index (χ2n) is 6.33. The fourth-order valence-electron chi connectivity index (χ4n) is 2.84. The first-order valence-electron chi connectivity index (χ1n) is 8.64. The summed E-state index contributed by atoms with van der Waals surface area (Å²) in [6.07, 6.45) is 0.276. The largest absolute Gasteiger partial charge is 0.435 e. The average Bonchev–Trinajstić information content (AvgIpc) is 3.03. The maximum Gasteiger partial charge on any atom is 0.289 e. The Morgan fingerprint density at radius 3 is 2.32 bits per heavy atom. The van der Waals surface area contributed by atoms with Crippen molar-refractivity contribution in [3.05, 3.63) is 77.4 Å². The summed E-state index contributed by atoms with van der Waals surface area (Å²) in [4.78, 5) is 28.7. The van der Waals surface area contributed by atoms with Gasteiger partial charge in [0, 0.05) is 6.92 Å². The number of carbonyl (C=O) groups is 2. The molecule has 0 aliphatic rings. The Kier molecular flexibility index (Phi) is 5.63. The van der Waals surface area contributed by atoms with Crippen LogP contribution in [0.4, 0.5) is 8.78 Å². The van der Waals surface area contributed by atoms with E-state index in [1.165, 1.54) is 19.9 Å². The molecule has 3 aromatic rings. The first kappa shape index (κ1) is 19.4. The lowest BCUT2D eigenvalue weighted by atomic mass is 10.0. The molecular weight excluding hydrogens is 366 g/mol. The van der Waals surface area contributed by atoms with Crippen LogP contribution in [-0.2, 0) is 11.2 Å². The van der Waals surface area contributed by atoms with Gasteiger partial charge in [0.05, 0.1) is 11.6 Å². The second-order valence-corrected chi connectivity index (χ2v) is 6.33. The molecular formula is C21H18F2N2O3. The molecule has 0 saturated carbocycles. The third-order valence-electron chi connectivity index (χ3n) is 4.22. The Morgan fingerprint density at radius 2 is 1.71 bits per heavy atom. The van der Waals surface area contributed by atoms with Crippen LogP contribution in [0.2, 0.25) is 0 Å². The van der Waals surface area contributed by atoms with Crippen LogP contribution in [0.25, 0.3) is 11.3 Å². The minimum atomic E-state index is -0.866. The predicted molar refractivity (Wildman–Crippen MR) is 98.7 cm³/mol. The maximum absolute atomic E-state index is 14.2. The second kappa shape index (κ2) is 8.12. The van der Waals surface area contributed by atoms with E-state index in [-0.39, 0.29) is 29.5 Å². The fourth-order valence-corrected chi connectivity index (χ4v) is 2.84. The van der Waals surface area contributed by atoms with Crippen molar-refractivity contribution < 1.29 is 22.8 Å². The first-order valence-corrected chi connectivity index (χ1v) is 8.64. The number of carbonyl (C=O) groups excluding carboxylic acids is 2. The number of hydrogen-bond acceptors (Lipinski definition) is 4. The number of amides is 1. The highest BCUT2D eigenvalue weighted by atomic mass is 19.1. The average molecular weight is 384 g/mol. The van der Waals surface area contributed by atoms with E-state index in [0.29, 0.717) is 0 Å². The molecule has 5 nitrogen and oxygen atoms in total. The van der Waals surface area contributed by atoms with E-state index in [1.54, 1.807) is 0 Å². The van der Waals surface area contributed by atoms with E-state index in [9.17, 15) is 18.4 Å². The van der Waals surface area contributed by atoms with Gasteiger partial charge in [0.15, 0.2) is 11.7 Å². The van der Waals surface area contributed by atoms with Crippen LogP contribution in [-0.4, -0.2) is 22.7 Å². The van der Waals surface area contributed by atoms with Crippen LogP contribution >= 0.6 is 0 Å². The topological polar surface area (TPSA) is 72.2 Å². The molecule has 1 heterocycles. The number of benzene rings is 2. The molecule has 1 N–H and O–H groups in total. The van der Waals surface area contributed by atoms with Gasteiger partial charge in [-0.25, -0.2) is 13.8 Å². The van der Waals surface area contributed by atoms with E-state index in [2.05, 4.69) is 10.3 Å². The number of nitrogens with zero attached hydrogens (tertiary/aromatic N) is 1. The number of oxazole rings is 1. The van der Waals surface area contributed by atoms with Gasteiger partial charge < -0.3 is 9.73 Å². The smallest absolute Gasteiger partial charge is 0.289 e. The predicted octanol–water partition coefficient (Wildman–Crippen LogP) is 3.86. The molecule has 0 bridgehead atoms. The number of aromatic nitrogens is 1. The highest BCUT2D eigenvalue weighted by molar-refractivity contribution is 6.00. The molecule has 0 radical (unpaired) electrons. The molecule has 0 aliphatic heterocycles. The Hall–Kier alpha value is -3.35. The minimum Gasteiger partial charge on any atom is -0.435 e. The molecule has 0 aliphatic carbocycles. The zero-order valence-electron chi connectivity index (χ0n) is 15.3. The van der Waals surface area contributed by atoms with E-state index in [1.807, 2.05) is 30.3 Å². The van der Waals surface area contributed by atoms with Crippen molar-refractivity contribution in [1.82, 2.24) is 10.3 Å². The molecule has 0 fully saturated rings. The van der Waals surface area contributed by atoms with Gasteiger partial charge in [0.2, 0.25) is 5.76 Å². The van der Waals surface area contributed by atoms with Crippen molar-refractivity contribution in [2.45, 2.75) is 26.3 Å². The van der Waals surface area contributed by atoms with Gasteiger partial charge >= 0.3 is 0 Å². The molecule has 28 heavy (non-hydrogen) atoms. The SMILES string of the molecule is CC(=O)C(Cc1ccccc1)NC(=O)c1oc(C)nc1-c1c(F)cccc1F. The van der Waals surface area contributed by atoms with Crippen molar-refractivity contribution >= 4 is 11.7 Å². The number of halogens is 2. The molecule has 0 saturated heterocycles. The number of aryl methyl sites for hydroxylation is 1. The molecule has 2 aromatic carbocycles. The van der Waals surface area contributed by atoms with Crippen LogP contribution in [0.1, 0.15) is 28.9 Å². The summed E-state index contributed by atoms with van der Waals surface area (Å²) in [5, 5.41) is 2.58. The van der Waals surface area contributed by atoms with Gasteiger partial charge in [-0.2, -0.15) is 0 Å². The van der Waals surface area contributed by atoms with Gasteiger partial charge in [-0.05, 0) is 31.0 Å². The molecule has 0 spiro atoms. The number of hydrogen-bond donors (Lipinski definition) is 1. The molecule has 1 unspecified atom stereocenters. The van der Waals surface area contributed by atoms with Gasteiger partial charge in [-0.1, -0.05) is 36.4 Å². The van der Waals surface area contributed by atoms with E-state index >= 15 is 0 Å². The molecule has 144 valence electrons. The fraction of sp³-hybridized carbons (Fsp3) is 0.190. The van der Waals surface area contributed by atoms with Crippen LogP contribution in [0, 0.1) is 18.6 Å². The first-order chi connectivity index (χ1) is 13.4. The third-order valence-corrected chi connectivity index (χ3v) is 4.22. The zero-order valence-corrected chi connectivity index (χ0v) is 15.3. The summed E-state index contributed by atoms with van der Waals surface area (Å²) >= 11 is 0. The lowest BCUT2D eigenvalue weighted by molar-refractivity contribution is -0.118. The number of rotatable bonds is 6. The number of ketones is 1. The molecule has 7 heteroatoms. The lowest BCUT2D eigenvalue weighted by Gasteiger charge is -2.15. The summed E-state index contributed by atoms with van der Waals surface area (Å²) in [7, 11) is 0. The van der Waals surface area contributed by atoms with Crippen molar-refractivity contribution in [3.63, 3.8) is 0 Å². The Morgan fingerprint density at radius 1 is 1.07 bits per heavy atom. The van der Waals surface area contributed by atoms with Crippen LogP contribution in [0.15, 0.2) is 52.9 Å². The quantitative estimate of drug-likeness (QED) is 0.701. The summed E-state index contributed by atoms with van der Waals surface area (Å²) in [6.45, 7) is 2.82. The minimum absolute atomic E-state index is 0.0743. The summed E-state index contributed by atoms with van der Waals surface area (Å²) < 4.78 is 33.6. The Balaban J connectivity index is 1.91. The van der Waals surface area contributed by atoms with Gasteiger partial charge in [0.1, 0.15) is 17.3 Å². The van der Waals surface area contributed by atoms with Gasteiger partial charge in [-0.3, -0.25) is 9.59 Å². The van der Waals surface area contributed by atoms with Crippen molar-refractivity contribution in [1.29, 1.82) is 0 Å². The van der Waals surface area contributed by atoms with Crippen molar-refractivity contribution in [2.24, 2.45) is 0 Å². The van der Waals surface area contributed by atoms with Crippen LogP contribution < -0.4 is 5.32 Å². The summed E-state index contributed by atoms with van der Waals surface area (Å²) in [6, 6.07) is 11.7. The van der Waals surface area contributed by atoms with E-state index in [4.69, 9.17) is 4.42 Å². The zero-order chi connectivity index (χ0) is 20.3. The van der Waals surface area contributed by atoms with Crippen LogP contribution in [0.3, 0.4) is 0 Å². The molecule has 1 aromatic heterocycles. The molecule has 1 atom stereocenters. The van der Waals surface area contributed by atoms with E-state index < -0.39 is 29.1 Å². The monoisotopic (exact) mass is 384 g/mol. The maximum atomic E-state index is 14.2. The Bertz CT molecular complexity index is 995. The molecule has 1 amide bonds. The third kappa shape index (κ3) is 4.14. The Labute approximate surface area is 160 Å². The highest BCUT2D eigenvalue weighted by Gasteiger charge is 2.27. The number of Topliss-reactive ketones (excluding diaryl/α,β-unsaturated/α-hetero) is 1. The normalized spacial score (nSPS) is 11.9. The lowest BCUT2D eigenvalue weighted by Crippen LogP contribution is -2.41. The standard InChI is InChI=1S/C21H18F2N2O3/c1-12(26)17(11-14-7-4-3-5-8-14)25-21(27)20-19(24-13(2)28-20)18-15(22)9-6-10-16(18)23/h3-10,17H,11H2,1-2H3,(H,25,27). The summed E-state index contributed by atoms with van der Waals surface area (Å²) in [5.74, 6) is -3.03. The van der Waals surface area contributed by atoms with Crippen molar-refractivity contribution in [3.8, 4) is 11.3 Å². The number of nitrogens with one attached hydrogen (secondary N) is 1. The van der Waals surface area contributed by atoms with E-state index in [0.717, 1.165) is 17.7 Å². The highest BCUT2D eigenvalue weighted by Crippen LogP contribution is 2.29. The van der Waals surface area contributed by atoms with Gasteiger partial charge in [-0.15, -0.1) is 0 Å². The van der Waals surface area contributed by atoms with Gasteiger partial charge in [0.25, 0.3) is 5.91 Å². The van der Waals surface area contributed by atoms with Crippen LogP contribution in [0.5, 0.6) is 0 Å². The molecule has 3 rings (SSSR count). The van der Waals surface area contributed by atoms with Crippen molar-refractivity contribution in [2.75, 3.05) is 0 Å².